The van der Waals surface area contributed by atoms with Crippen LogP contribution in [0.4, 0.5) is 11.5 Å². The number of aryl methyl sites for hydroxylation is 2. The van der Waals surface area contributed by atoms with Crippen LogP contribution in [0, 0.1) is 6.92 Å². The van der Waals surface area contributed by atoms with Gasteiger partial charge in [-0.2, -0.15) is 0 Å². The van der Waals surface area contributed by atoms with Crippen LogP contribution in [0.5, 0.6) is 0 Å². The Kier molecular flexibility index (Phi) is 6.77. The lowest BCUT2D eigenvalue weighted by molar-refractivity contribution is -0.111. The van der Waals surface area contributed by atoms with Gasteiger partial charge in [-0.3, -0.25) is 4.79 Å². The minimum atomic E-state index is -0.195. The fourth-order valence-corrected chi connectivity index (χ4v) is 4.19. The first kappa shape index (κ1) is 22.3. The normalized spacial score (nSPS) is 14.9. The Morgan fingerprint density at radius 2 is 1.91 bits per heavy atom. The number of fused-ring (bicyclic) bond motifs is 1. The van der Waals surface area contributed by atoms with Gasteiger partial charge in [0.15, 0.2) is 0 Å². The van der Waals surface area contributed by atoms with Crippen LogP contribution >= 0.6 is 11.6 Å². The topological polar surface area (TPSA) is 48.5 Å². The van der Waals surface area contributed by atoms with Crippen molar-refractivity contribution in [3.63, 3.8) is 0 Å². The van der Waals surface area contributed by atoms with E-state index in [0.717, 1.165) is 66.1 Å². The van der Waals surface area contributed by atoms with Gasteiger partial charge in [0.1, 0.15) is 5.82 Å². The molecule has 0 radical (unpaired) electrons. The number of nitrogens with one attached hydrogen (secondary N) is 1. The van der Waals surface area contributed by atoms with Crippen LogP contribution in [0.1, 0.15) is 23.6 Å². The van der Waals surface area contributed by atoms with Crippen LogP contribution in [0.2, 0.25) is 5.02 Å². The first-order valence-electron chi connectivity index (χ1n) is 11.1. The number of likely N-dealkylation sites (N-methyl/N-ethyl adjacent to an activating group) is 1. The standard InChI is InChI=1S/C26H29ClN4O/c1-4-19-5-6-20(23(27)16-19)7-10-26(32)28-21-8-9-24-22(17-21)18(2)15-25(29-24)31-13-11-30(3)12-14-31/h5-10,15-17H,4,11-14H2,1-3H3,(H,28,32). The molecule has 6 heteroatoms. The summed E-state index contributed by atoms with van der Waals surface area (Å²) in [5.41, 5.74) is 4.84. The van der Waals surface area contributed by atoms with Crippen molar-refractivity contribution < 1.29 is 4.79 Å². The van der Waals surface area contributed by atoms with Gasteiger partial charge in [0.2, 0.25) is 5.91 Å². The van der Waals surface area contributed by atoms with Gasteiger partial charge in [-0.05, 0) is 73.5 Å². The Labute approximate surface area is 194 Å². The molecule has 0 atom stereocenters. The fraction of sp³-hybridized carbons (Fsp3) is 0.308. The van der Waals surface area contributed by atoms with Gasteiger partial charge >= 0.3 is 0 Å². The number of carbonyl (C=O) groups is 1. The third kappa shape index (κ3) is 5.12. The first-order valence-corrected chi connectivity index (χ1v) is 11.4. The number of carbonyl (C=O) groups excluding carboxylic acids is 1. The molecule has 1 aliphatic rings. The second-order valence-electron chi connectivity index (χ2n) is 8.35. The minimum absolute atomic E-state index is 0.195. The summed E-state index contributed by atoms with van der Waals surface area (Å²) in [6.45, 7) is 8.25. The molecular weight excluding hydrogens is 420 g/mol. The molecule has 0 aliphatic carbocycles. The highest BCUT2D eigenvalue weighted by Crippen LogP contribution is 2.26. The summed E-state index contributed by atoms with van der Waals surface area (Å²) in [7, 11) is 2.15. The van der Waals surface area contributed by atoms with Gasteiger partial charge in [0, 0.05) is 48.4 Å². The van der Waals surface area contributed by atoms with Gasteiger partial charge in [0.25, 0.3) is 0 Å². The fourth-order valence-electron chi connectivity index (χ4n) is 3.93. The molecule has 2 aromatic carbocycles. The molecule has 1 N–H and O–H groups in total. The van der Waals surface area contributed by atoms with E-state index in [2.05, 4.69) is 42.1 Å². The number of hydrogen-bond acceptors (Lipinski definition) is 4. The summed E-state index contributed by atoms with van der Waals surface area (Å²) < 4.78 is 0. The molecule has 2 heterocycles. The second-order valence-corrected chi connectivity index (χ2v) is 8.76. The monoisotopic (exact) mass is 448 g/mol. The van der Waals surface area contributed by atoms with Crippen LogP contribution in [-0.2, 0) is 11.2 Å². The van der Waals surface area contributed by atoms with Crippen molar-refractivity contribution in [2.45, 2.75) is 20.3 Å². The summed E-state index contributed by atoms with van der Waals surface area (Å²) in [6, 6.07) is 13.9. The smallest absolute Gasteiger partial charge is 0.248 e. The molecule has 0 spiro atoms. The first-order chi connectivity index (χ1) is 15.4. The van der Waals surface area contributed by atoms with E-state index in [1.54, 1.807) is 6.08 Å². The number of hydrogen-bond donors (Lipinski definition) is 1. The molecule has 3 aromatic rings. The Balaban J connectivity index is 1.48. The third-order valence-electron chi connectivity index (χ3n) is 5.98. The average molecular weight is 449 g/mol. The number of halogens is 1. The van der Waals surface area contributed by atoms with Crippen molar-refractivity contribution in [3.8, 4) is 0 Å². The number of pyridine rings is 1. The maximum Gasteiger partial charge on any atom is 0.248 e. The van der Waals surface area contributed by atoms with Gasteiger partial charge in [-0.1, -0.05) is 30.7 Å². The molecule has 166 valence electrons. The molecule has 32 heavy (non-hydrogen) atoms. The van der Waals surface area contributed by atoms with E-state index in [9.17, 15) is 4.79 Å². The van der Waals surface area contributed by atoms with Gasteiger partial charge < -0.3 is 15.1 Å². The Hall–Kier alpha value is -2.89. The zero-order valence-electron chi connectivity index (χ0n) is 18.9. The molecule has 5 nitrogen and oxygen atoms in total. The number of amides is 1. The number of rotatable bonds is 5. The summed E-state index contributed by atoms with van der Waals surface area (Å²) in [4.78, 5) is 22.0. The number of piperazine rings is 1. The van der Waals surface area contributed by atoms with Gasteiger partial charge in [-0.15, -0.1) is 0 Å². The lowest BCUT2D eigenvalue weighted by atomic mass is 10.1. The molecule has 0 unspecified atom stereocenters. The highest BCUT2D eigenvalue weighted by atomic mass is 35.5. The second kappa shape index (κ2) is 9.72. The van der Waals surface area contributed by atoms with E-state index < -0.39 is 0 Å². The highest BCUT2D eigenvalue weighted by Gasteiger charge is 2.16. The maximum atomic E-state index is 12.5. The third-order valence-corrected chi connectivity index (χ3v) is 6.31. The Morgan fingerprint density at radius 3 is 2.62 bits per heavy atom. The predicted molar refractivity (Wildman–Crippen MR) is 135 cm³/mol. The Morgan fingerprint density at radius 1 is 1.12 bits per heavy atom. The van der Waals surface area contributed by atoms with E-state index in [4.69, 9.17) is 16.6 Å². The van der Waals surface area contributed by atoms with E-state index in [0.29, 0.717) is 5.02 Å². The zero-order chi connectivity index (χ0) is 22.7. The highest BCUT2D eigenvalue weighted by molar-refractivity contribution is 6.32. The van der Waals surface area contributed by atoms with Crippen molar-refractivity contribution in [2.24, 2.45) is 0 Å². The summed E-state index contributed by atoms with van der Waals surface area (Å²) in [5, 5.41) is 4.64. The average Bonchev–Trinajstić information content (AvgIpc) is 2.79. The number of aromatic nitrogens is 1. The SMILES string of the molecule is CCc1ccc(C=CC(=O)Nc2ccc3nc(N4CCN(C)CC4)cc(C)c3c2)c(Cl)c1. The minimum Gasteiger partial charge on any atom is -0.354 e. The molecule has 0 bridgehead atoms. The van der Waals surface area contributed by atoms with Crippen LogP contribution < -0.4 is 10.2 Å². The van der Waals surface area contributed by atoms with Crippen LogP contribution in [0.15, 0.2) is 48.5 Å². The lowest BCUT2D eigenvalue weighted by Crippen LogP contribution is -2.44. The Bertz CT molecular complexity index is 1170. The van der Waals surface area contributed by atoms with Crippen molar-refractivity contribution in [1.82, 2.24) is 9.88 Å². The number of benzene rings is 2. The number of anilines is 2. The van der Waals surface area contributed by atoms with Gasteiger partial charge in [-0.25, -0.2) is 4.98 Å². The van der Waals surface area contributed by atoms with Crippen LogP contribution in [-0.4, -0.2) is 49.0 Å². The summed E-state index contributed by atoms with van der Waals surface area (Å²) >= 11 is 6.31. The van der Waals surface area contributed by atoms with E-state index in [1.807, 2.05) is 36.4 Å². The lowest BCUT2D eigenvalue weighted by Gasteiger charge is -2.33. The molecule has 1 saturated heterocycles. The molecule has 1 aromatic heterocycles. The van der Waals surface area contributed by atoms with E-state index in [-0.39, 0.29) is 5.91 Å². The van der Waals surface area contributed by atoms with Crippen LogP contribution in [0.3, 0.4) is 0 Å². The van der Waals surface area contributed by atoms with Crippen molar-refractivity contribution >= 4 is 46.0 Å². The largest absolute Gasteiger partial charge is 0.354 e. The summed E-state index contributed by atoms with van der Waals surface area (Å²) in [5.74, 6) is 0.827. The summed E-state index contributed by atoms with van der Waals surface area (Å²) in [6.07, 6.45) is 4.18. The van der Waals surface area contributed by atoms with Crippen molar-refractivity contribution in [3.05, 3.63) is 70.3 Å². The van der Waals surface area contributed by atoms with Crippen molar-refractivity contribution in [2.75, 3.05) is 43.4 Å². The molecule has 4 rings (SSSR count). The molecule has 1 aliphatic heterocycles. The maximum absolute atomic E-state index is 12.5. The van der Waals surface area contributed by atoms with E-state index >= 15 is 0 Å². The number of nitrogens with zero attached hydrogens (tertiary/aromatic N) is 3. The molecule has 1 amide bonds. The molecule has 1 fully saturated rings. The predicted octanol–water partition coefficient (Wildman–Crippen LogP) is 5.16. The van der Waals surface area contributed by atoms with Crippen LogP contribution in [0.25, 0.3) is 17.0 Å². The molecular formula is C26H29ClN4O. The molecule has 0 saturated carbocycles. The zero-order valence-corrected chi connectivity index (χ0v) is 19.6. The van der Waals surface area contributed by atoms with Crippen molar-refractivity contribution in [1.29, 1.82) is 0 Å². The van der Waals surface area contributed by atoms with E-state index in [1.165, 1.54) is 11.6 Å². The van der Waals surface area contributed by atoms with Gasteiger partial charge in [0.05, 0.1) is 5.52 Å². The quantitative estimate of drug-likeness (QED) is 0.547.